The summed E-state index contributed by atoms with van der Waals surface area (Å²) in [6, 6.07) is 0. The van der Waals surface area contributed by atoms with Crippen LogP contribution in [-0.2, 0) is 8.98 Å². The molecule has 52 valence electrons. The Hall–Kier alpha value is -0.440. The van der Waals surface area contributed by atoms with Gasteiger partial charge in [-0.05, 0) is 6.92 Å². The Bertz CT molecular complexity index is 110. The third-order valence-electron chi connectivity index (χ3n) is 0.576. The van der Waals surface area contributed by atoms with Gasteiger partial charge in [-0.1, -0.05) is 12.2 Å². The number of hydrogen-bond acceptors (Lipinski definition) is 3. The minimum Gasteiger partial charge on any atom is -0.391 e. The average Bonchev–Trinajstić information content (AvgIpc) is 1.80. The molecule has 0 atom stereocenters. The van der Waals surface area contributed by atoms with E-state index in [0.717, 1.165) is 17.8 Å². The molecular formula is C6H10O2S. The van der Waals surface area contributed by atoms with Gasteiger partial charge in [-0.15, -0.1) is 0 Å². The van der Waals surface area contributed by atoms with Gasteiger partial charge in [0.2, 0.25) is 0 Å². The fourth-order valence-electron chi connectivity index (χ4n) is 0.253. The van der Waals surface area contributed by atoms with Gasteiger partial charge in [0.15, 0.2) is 0 Å². The first kappa shape index (κ1) is 8.56. The standard InChI is InChI=1S/C6H10O2S/c1-3-4-5-9-8-6(2)7/h3-4H,5H2,1-2H3. The molecule has 2 nitrogen and oxygen atoms in total. The smallest absolute Gasteiger partial charge is 0.314 e. The third-order valence-corrected chi connectivity index (χ3v) is 1.26. The van der Waals surface area contributed by atoms with E-state index in [1.54, 1.807) is 0 Å². The van der Waals surface area contributed by atoms with Crippen LogP contribution in [0.4, 0.5) is 0 Å². The van der Waals surface area contributed by atoms with Gasteiger partial charge in [-0.3, -0.25) is 4.79 Å². The van der Waals surface area contributed by atoms with Crippen molar-refractivity contribution in [2.75, 3.05) is 5.75 Å². The maximum absolute atomic E-state index is 10.1. The first-order valence-electron chi connectivity index (χ1n) is 2.68. The lowest BCUT2D eigenvalue weighted by Crippen LogP contribution is -1.89. The molecule has 0 aliphatic rings. The van der Waals surface area contributed by atoms with Gasteiger partial charge in [-0.25, -0.2) is 0 Å². The fraction of sp³-hybridized carbons (Fsp3) is 0.500. The van der Waals surface area contributed by atoms with Crippen molar-refractivity contribution in [3.05, 3.63) is 12.2 Å². The van der Waals surface area contributed by atoms with Gasteiger partial charge in [-0.2, -0.15) is 0 Å². The topological polar surface area (TPSA) is 26.3 Å². The highest BCUT2D eigenvalue weighted by Crippen LogP contribution is 2.01. The van der Waals surface area contributed by atoms with E-state index in [2.05, 4.69) is 4.18 Å². The maximum atomic E-state index is 10.1. The lowest BCUT2D eigenvalue weighted by Gasteiger charge is -1.92. The summed E-state index contributed by atoms with van der Waals surface area (Å²) in [5.74, 6) is 0.486. The molecule has 0 saturated heterocycles. The van der Waals surface area contributed by atoms with Crippen LogP contribution in [0.3, 0.4) is 0 Å². The number of hydrogen-bond donors (Lipinski definition) is 0. The number of carbonyl (C=O) groups excluding carboxylic acids is 1. The number of rotatable bonds is 3. The van der Waals surface area contributed by atoms with Crippen LogP contribution in [0, 0.1) is 0 Å². The van der Waals surface area contributed by atoms with Crippen molar-refractivity contribution < 1.29 is 8.98 Å². The molecule has 9 heavy (non-hydrogen) atoms. The van der Waals surface area contributed by atoms with Gasteiger partial charge < -0.3 is 4.18 Å². The van der Waals surface area contributed by atoms with Crippen molar-refractivity contribution in [1.29, 1.82) is 0 Å². The SMILES string of the molecule is CC=CCSOC(C)=O. The molecule has 0 amide bonds. The Morgan fingerprint density at radius 3 is 2.89 bits per heavy atom. The quantitative estimate of drug-likeness (QED) is 0.345. The first-order chi connectivity index (χ1) is 4.27. The second-order valence-electron chi connectivity index (χ2n) is 1.43. The third kappa shape index (κ3) is 7.56. The summed E-state index contributed by atoms with van der Waals surface area (Å²) in [5, 5.41) is 0. The van der Waals surface area contributed by atoms with E-state index in [1.807, 2.05) is 19.1 Å². The van der Waals surface area contributed by atoms with Gasteiger partial charge >= 0.3 is 5.97 Å². The predicted octanol–water partition coefficient (Wildman–Crippen LogP) is 1.77. The number of carbonyl (C=O) groups is 1. The monoisotopic (exact) mass is 146 g/mol. The summed E-state index contributed by atoms with van der Waals surface area (Å²) < 4.78 is 4.57. The lowest BCUT2D eigenvalue weighted by atomic mass is 10.6. The lowest BCUT2D eigenvalue weighted by molar-refractivity contribution is -0.130. The molecule has 0 aliphatic carbocycles. The molecule has 0 heterocycles. The molecule has 0 fully saturated rings. The van der Waals surface area contributed by atoms with Crippen molar-refractivity contribution in [2.45, 2.75) is 13.8 Å². The second kappa shape index (κ2) is 5.69. The van der Waals surface area contributed by atoms with Crippen molar-refractivity contribution in [1.82, 2.24) is 0 Å². The highest BCUT2D eigenvalue weighted by Gasteiger charge is 1.89. The minimum absolute atomic E-state index is 0.246. The molecule has 0 unspecified atom stereocenters. The zero-order valence-corrected chi connectivity index (χ0v) is 6.40. The van der Waals surface area contributed by atoms with E-state index < -0.39 is 0 Å². The van der Waals surface area contributed by atoms with Crippen LogP contribution >= 0.6 is 12.0 Å². The maximum Gasteiger partial charge on any atom is 0.314 e. The summed E-state index contributed by atoms with van der Waals surface area (Å²) in [7, 11) is 0. The van der Waals surface area contributed by atoms with E-state index in [0.29, 0.717) is 0 Å². The van der Waals surface area contributed by atoms with Crippen LogP contribution in [-0.4, -0.2) is 11.7 Å². The summed E-state index contributed by atoms with van der Waals surface area (Å²) in [6.07, 6.45) is 3.84. The van der Waals surface area contributed by atoms with Crippen molar-refractivity contribution in [2.24, 2.45) is 0 Å². The summed E-state index contributed by atoms with van der Waals surface area (Å²) in [4.78, 5) is 10.1. The predicted molar refractivity (Wildman–Crippen MR) is 39.0 cm³/mol. The van der Waals surface area contributed by atoms with Crippen LogP contribution in [0.5, 0.6) is 0 Å². The van der Waals surface area contributed by atoms with Gasteiger partial charge in [0.1, 0.15) is 0 Å². The molecular weight excluding hydrogens is 136 g/mol. The molecule has 0 rings (SSSR count). The second-order valence-corrected chi connectivity index (χ2v) is 2.16. The molecule has 0 saturated carbocycles. The van der Waals surface area contributed by atoms with Crippen molar-refractivity contribution in [3.8, 4) is 0 Å². The van der Waals surface area contributed by atoms with Crippen molar-refractivity contribution in [3.63, 3.8) is 0 Å². The Morgan fingerprint density at radius 2 is 2.44 bits per heavy atom. The Labute approximate surface area is 59.5 Å². The first-order valence-corrected chi connectivity index (χ1v) is 3.59. The van der Waals surface area contributed by atoms with Crippen LogP contribution in [0.25, 0.3) is 0 Å². The summed E-state index contributed by atoms with van der Waals surface area (Å²) in [5.41, 5.74) is 0. The van der Waals surface area contributed by atoms with Crippen LogP contribution in [0.2, 0.25) is 0 Å². The van der Waals surface area contributed by atoms with Crippen LogP contribution < -0.4 is 0 Å². The van der Waals surface area contributed by atoms with E-state index in [-0.39, 0.29) is 5.97 Å². The minimum atomic E-state index is -0.246. The van der Waals surface area contributed by atoms with E-state index >= 15 is 0 Å². The van der Waals surface area contributed by atoms with E-state index in [9.17, 15) is 4.79 Å². The molecule has 0 radical (unpaired) electrons. The van der Waals surface area contributed by atoms with Crippen molar-refractivity contribution >= 4 is 18.0 Å². The summed E-state index contributed by atoms with van der Waals surface area (Å²) in [6.45, 7) is 3.32. The molecule has 3 heteroatoms. The molecule has 0 aliphatic heterocycles. The number of allylic oxidation sites excluding steroid dienone is 1. The highest BCUT2D eigenvalue weighted by molar-refractivity contribution is 7.95. The van der Waals surface area contributed by atoms with Gasteiger partial charge in [0.05, 0.1) is 12.0 Å². The Kier molecular flexibility index (Phi) is 5.41. The highest BCUT2D eigenvalue weighted by atomic mass is 32.2. The van der Waals surface area contributed by atoms with Crippen LogP contribution in [0.1, 0.15) is 13.8 Å². The molecule has 0 aromatic heterocycles. The normalized spacial score (nSPS) is 10.0. The summed E-state index contributed by atoms with van der Waals surface area (Å²) >= 11 is 1.15. The van der Waals surface area contributed by atoms with Crippen LogP contribution in [0.15, 0.2) is 12.2 Å². The molecule has 0 bridgehead atoms. The molecule has 0 aromatic carbocycles. The largest absolute Gasteiger partial charge is 0.391 e. The molecule has 0 spiro atoms. The Morgan fingerprint density at radius 1 is 1.78 bits per heavy atom. The van der Waals surface area contributed by atoms with Gasteiger partial charge in [0.25, 0.3) is 0 Å². The molecule has 0 aromatic rings. The zero-order chi connectivity index (χ0) is 7.11. The average molecular weight is 146 g/mol. The zero-order valence-electron chi connectivity index (χ0n) is 5.59. The van der Waals surface area contributed by atoms with E-state index in [1.165, 1.54) is 6.92 Å². The van der Waals surface area contributed by atoms with Gasteiger partial charge in [0, 0.05) is 12.7 Å². The fourth-order valence-corrected chi connectivity index (χ4v) is 0.758. The Balaban J connectivity index is 3.01. The van der Waals surface area contributed by atoms with E-state index in [4.69, 9.17) is 0 Å². The molecule has 0 N–H and O–H groups in total.